The Bertz CT molecular complexity index is 1390. The first-order valence-electron chi connectivity index (χ1n) is 11.0. The maximum absolute atomic E-state index is 12.6. The van der Waals surface area contributed by atoms with E-state index in [1.165, 1.54) is 13.3 Å². The molecule has 0 unspecified atom stereocenters. The first kappa shape index (κ1) is 23.5. The standard InChI is InChI=1S/C28H25N3O4/c1-19-8-3-6-13-24(19)30-27(32)18-35-25-15-14-20(16-26(25)34-2)17-29-31-28(33)23-12-7-10-21-9-4-5-11-22(21)23/h3-17H,18H2,1-2H3,(H,30,32)(H,31,33)/b29-17-. The Balaban J connectivity index is 1.37. The number of carbonyl (C=O) groups excluding carboxylic acids is 2. The average Bonchev–Trinajstić information content (AvgIpc) is 2.88. The van der Waals surface area contributed by atoms with Crippen molar-refractivity contribution in [3.63, 3.8) is 0 Å². The van der Waals surface area contributed by atoms with Crippen molar-refractivity contribution in [1.29, 1.82) is 0 Å². The molecule has 0 spiro atoms. The average molecular weight is 468 g/mol. The van der Waals surface area contributed by atoms with Gasteiger partial charge in [0.05, 0.1) is 13.3 Å². The van der Waals surface area contributed by atoms with Crippen LogP contribution in [0.1, 0.15) is 21.5 Å². The molecule has 0 fully saturated rings. The van der Waals surface area contributed by atoms with Crippen LogP contribution >= 0.6 is 0 Å². The summed E-state index contributed by atoms with van der Waals surface area (Å²) in [6, 6.07) is 25.9. The molecular formula is C28H25N3O4. The SMILES string of the molecule is COc1cc(/C=N\NC(=O)c2cccc3ccccc23)ccc1OCC(=O)Nc1ccccc1C. The Kier molecular flexibility index (Phi) is 7.37. The molecule has 4 rings (SSSR count). The number of fused-ring (bicyclic) bond motifs is 1. The summed E-state index contributed by atoms with van der Waals surface area (Å²) in [5, 5.41) is 8.74. The van der Waals surface area contributed by atoms with Crippen molar-refractivity contribution in [3.8, 4) is 11.5 Å². The number of anilines is 1. The Morgan fingerprint density at radius 1 is 0.914 bits per heavy atom. The van der Waals surface area contributed by atoms with E-state index < -0.39 is 0 Å². The Morgan fingerprint density at radius 3 is 2.51 bits per heavy atom. The molecule has 2 amide bonds. The third-order valence-electron chi connectivity index (χ3n) is 5.38. The van der Waals surface area contributed by atoms with E-state index in [0.29, 0.717) is 22.6 Å². The number of amides is 2. The summed E-state index contributed by atoms with van der Waals surface area (Å²) in [5.41, 5.74) is 5.51. The smallest absolute Gasteiger partial charge is 0.271 e. The number of methoxy groups -OCH3 is 1. The van der Waals surface area contributed by atoms with Gasteiger partial charge in [0.1, 0.15) is 0 Å². The van der Waals surface area contributed by atoms with E-state index in [-0.39, 0.29) is 18.4 Å². The van der Waals surface area contributed by atoms with Crippen LogP contribution in [0.3, 0.4) is 0 Å². The third kappa shape index (κ3) is 5.83. The van der Waals surface area contributed by atoms with Gasteiger partial charge in [0.2, 0.25) is 0 Å². The molecule has 0 bridgehead atoms. The molecule has 0 atom stereocenters. The van der Waals surface area contributed by atoms with E-state index in [2.05, 4.69) is 15.8 Å². The lowest BCUT2D eigenvalue weighted by atomic mass is 10.0. The van der Waals surface area contributed by atoms with Gasteiger partial charge in [0, 0.05) is 11.3 Å². The fourth-order valence-electron chi connectivity index (χ4n) is 3.58. The summed E-state index contributed by atoms with van der Waals surface area (Å²) >= 11 is 0. The normalized spacial score (nSPS) is 10.8. The molecule has 0 radical (unpaired) electrons. The lowest BCUT2D eigenvalue weighted by Crippen LogP contribution is -2.20. The minimum absolute atomic E-state index is 0.167. The van der Waals surface area contributed by atoms with Crippen LogP contribution in [-0.4, -0.2) is 31.7 Å². The van der Waals surface area contributed by atoms with Crippen LogP contribution in [0.15, 0.2) is 90.0 Å². The van der Waals surface area contributed by atoms with Crippen LogP contribution in [0.4, 0.5) is 5.69 Å². The topological polar surface area (TPSA) is 89.0 Å². The first-order valence-corrected chi connectivity index (χ1v) is 11.0. The molecule has 2 N–H and O–H groups in total. The number of benzene rings is 4. The van der Waals surface area contributed by atoms with E-state index in [0.717, 1.165) is 22.0 Å². The second-order valence-electron chi connectivity index (χ2n) is 7.79. The highest BCUT2D eigenvalue weighted by Crippen LogP contribution is 2.27. The quantitative estimate of drug-likeness (QED) is 0.284. The van der Waals surface area contributed by atoms with Gasteiger partial charge in [-0.1, -0.05) is 54.6 Å². The van der Waals surface area contributed by atoms with Crippen LogP contribution in [0, 0.1) is 6.92 Å². The zero-order valence-corrected chi connectivity index (χ0v) is 19.4. The van der Waals surface area contributed by atoms with Crippen LogP contribution in [0.2, 0.25) is 0 Å². The van der Waals surface area contributed by atoms with Crippen molar-refractivity contribution in [2.24, 2.45) is 5.10 Å². The van der Waals surface area contributed by atoms with Gasteiger partial charge >= 0.3 is 0 Å². The molecule has 0 aromatic heterocycles. The molecule has 35 heavy (non-hydrogen) atoms. The minimum Gasteiger partial charge on any atom is -0.493 e. The van der Waals surface area contributed by atoms with Crippen molar-refractivity contribution in [2.45, 2.75) is 6.92 Å². The van der Waals surface area contributed by atoms with Gasteiger partial charge in [-0.3, -0.25) is 9.59 Å². The minimum atomic E-state index is -0.301. The fraction of sp³-hybridized carbons (Fsp3) is 0.107. The largest absolute Gasteiger partial charge is 0.493 e. The Morgan fingerprint density at radius 2 is 1.69 bits per heavy atom. The lowest BCUT2D eigenvalue weighted by Gasteiger charge is -2.12. The molecule has 0 aliphatic rings. The van der Waals surface area contributed by atoms with Gasteiger partial charge in [-0.2, -0.15) is 5.10 Å². The monoisotopic (exact) mass is 467 g/mol. The van der Waals surface area contributed by atoms with E-state index in [1.54, 1.807) is 24.3 Å². The summed E-state index contributed by atoms with van der Waals surface area (Å²) in [6.07, 6.45) is 1.51. The molecule has 7 nitrogen and oxygen atoms in total. The predicted octanol–water partition coefficient (Wildman–Crippen LogP) is 4.94. The highest BCUT2D eigenvalue weighted by atomic mass is 16.5. The maximum Gasteiger partial charge on any atom is 0.271 e. The van der Waals surface area contributed by atoms with Crippen LogP contribution in [-0.2, 0) is 4.79 Å². The summed E-state index contributed by atoms with van der Waals surface area (Å²) in [5.74, 6) is 0.287. The van der Waals surface area contributed by atoms with Crippen LogP contribution < -0.4 is 20.2 Å². The van der Waals surface area contributed by atoms with Crippen molar-refractivity contribution < 1.29 is 19.1 Å². The van der Waals surface area contributed by atoms with Gasteiger partial charge in [-0.15, -0.1) is 0 Å². The fourth-order valence-corrected chi connectivity index (χ4v) is 3.58. The highest BCUT2D eigenvalue weighted by molar-refractivity contribution is 6.07. The Hall–Kier alpha value is -4.65. The number of ether oxygens (including phenoxy) is 2. The van der Waals surface area contributed by atoms with Crippen molar-refractivity contribution >= 4 is 34.5 Å². The summed E-state index contributed by atoms with van der Waals surface area (Å²) in [4.78, 5) is 24.9. The number of carbonyl (C=O) groups is 2. The maximum atomic E-state index is 12.6. The van der Waals surface area contributed by atoms with Crippen molar-refractivity contribution in [1.82, 2.24) is 5.43 Å². The van der Waals surface area contributed by atoms with Gasteiger partial charge < -0.3 is 14.8 Å². The molecule has 0 saturated carbocycles. The predicted molar refractivity (Wildman–Crippen MR) is 137 cm³/mol. The Labute approximate surface area is 203 Å². The van der Waals surface area contributed by atoms with Gasteiger partial charge in [-0.25, -0.2) is 5.43 Å². The number of hydrazone groups is 1. The van der Waals surface area contributed by atoms with Crippen molar-refractivity contribution in [3.05, 3.63) is 102 Å². The number of rotatable bonds is 8. The summed E-state index contributed by atoms with van der Waals surface area (Å²) < 4.78 is 11.0. The van der Waals surface area contributed by atoms with E-state index in [1.807, 2.05) is 67.6 Å². The van der Waals surface area contributed by atoms with Gasteiger partial charge in [0.15, 0.2) is 18.1 Å². The molecule has 0 aliphatic heterocycles. The molecule has 4 aromatic carbocycles. The number of para-hydroxylation sites is 1. The van der Waals surface area contributed by atoms with E-state index >= 15 is 0 Å². The molecule has 7 heteroatoms. The van der Waals surface area contributed by atoms with E-state index in [4.69, 9.17) is 9.47 Å². The summed E-state index contributed by atoms with van der Waals surface area (Å²) in [7, 11) is 1.51. The van der Waals surface area contributed by atoms with E-state index in [9.17, 15) is 9.59 Å². The molecule has 0 aliphatic carbocycles. The van der Waals surface area contributed by atoms with Crippen LogP contribution in [0.5, 0.6) is 11.5 Å². The van der Waals surface area contributed by atoms with Gasteiger partial charge in [0.25, 0.3) is 11.8 Å². The molecule has 4 aromatic rings. The third-order valence-corrected chi connectivity index (χ3v) is 5.38. The second-order valence-corrected chi connectivity index (χ2v) is 7.79. The number of nitrogens with zero attached hydrogens (tertiary/aromatic N) is 1. The number of hydrogen-bond donors (Lipinski definition) is 2. The molecule has 0 saturated heterocycles. The summed E-state index contributed by atoms with van der Waals surface area (Å²) in [6.45, 7) is 1.75. The zero-order chi connectivity index (χ0) is 24.6. The van der Waals surface area contributed by atoms with Crippen LogP contribution in [0.25, 0.3) is 10.8 Å². The number of hydrogen-bond acceptors (Lipinski definition) is 5. The first-order chi connectivity index (χ1) is 17.0. The highest BCUT2D eigenvalue weighted by Gasteiger charge is 2.11. The molecule has 176 valence electrons. The second kappa shape index (κ2) is 11.0. The molecule has 0 heterocycles. The zero-order valence-electron chi connectivity index (χ0n) is 19.4. The number of nitrogens with one attached hydrogen (secondary N) is 2. The van der Waals surface area contributed by atoms with Crippen molar-refractivity contribution in [2.75, 3.05) is 19.0 Å². The molecular weight excluding hydrogens is 442 g/mol. The van der Waals surface area contributed by atoms with Gasteiger partial charge in [-0.05, 0) is 59.2 Å². The number of aryl methyl sites for hydroxylation is 1. The lowest BCUT2D eigenvalue weighted by molar-refractivity contribution is -0.118.